The molecule has 0 aliphatic rings. The molecule has 16 heavy (non-hydrogen) atoms. The zero-order chi connectivity index (χ0) is 12.1. The molecule has 0 aliphatic heterocycles. The summed E-state index contributed by atoms with van der Waals surface area (Å²) >= 11 is 0. The predicted octanol–water partition coefficient (Wildman–Crippen LogP) is 1.99. The molecule has 5 heteroatoms. The molecule has 0 saturated heterocycles. The fraction of sp³-hybridized carbons (Fsp3) is 0.364. The third-order valence-electron chi connectivity index (χ3n) is 2.30. The van der Waals surface area contributed by atoms with E-state index in [0.29, 0.717) is 18.4 Å². The molecule has 3 nitrogen and oxygen atoms in total. The van der Waals surface area contributed by atoms with Gasteiger partial charge in [0.15, 0.2) is 0 Å². The molecule has 0 aliphatic carbocycles. The zero-order valence-corrected chi connectivity index (χ0v) is 10.0. The number of benzene rings is 1. The fourth-order valence-electron chi connectivity index (χ4n) is 1.51. The molecular weight excluding hydrogens is 229 g/mol. The first-order chi connectivity index (χ1) is 7.60. The van der Waals surface area contributed by atoms with Crippen molar-refractivity contribution in [2.75, 3.05) is 0 Å². The highest BCUT2D eigenvalue weighted by Gasteiger charge is 2.20. The minimum atomic E-state index is -1.58. The lowest BCUT2D eigenvalue weighted by atomic mass is 10.1. The zero-order valence-electron chi connectivity index (χ0n) is 9.20. The second-order valence-electron chi connectivity index (χ2n) is 3.45. The largest absolute Gasteiger partial charge is 0.278 e. The summed E-state index contributed by atoms with van der Waals surface area (Å²) in [6.07, 6.45) is 0.859. The fourth-order valence-corrected chi connectivity index (χ4v) is 2.49. The van der Waals surface area contributed by atoms with Crippen molar-refractivity contribution in [2.24, 2.45) is 0 Å². The van der Waals surface area contributed by atoms with Crippen LogP contribution in [0.1, 0.15) is 29.7 Å². The second kappa shape index (κ2) is 5.75. The van der Waals surface area contributed by atoms with Crippen LogP contribution in [-0.2, 0) is 15.8 Å². The molecule has 0 heterocycles. The second-order valence-corrected chi connectivity index (χ2v) is 4.85. The van der Waals surface area contributed by atoms with Gasteiger partial charge in [-0.25, -0.2) is 8.60 Å². The summed E-state index contributed by atoms with van der Waals surface area (Å²) in [5.74, 6) is -0.382. The van der Waals surface area contributed by atoms with E-state index in [0.717, 1.165) is 5.56 Å². The highest BCUT2D eigenvalue weighted by molar-refractivity contribution is 7.83. The monoisotopic (exact) mass is 243 g/mol. The quantitative estimate of drug-likeness (QED) is 0.804. The van der Waals surface area contributed by atoms with Gasteiger partial charge >= 0.3 is 0 Å². The van der Waals surface area contributed by atoms with Crippen molar-refractivity contribution in [2.45, 2.75) is 25.5 Å². The number of carbonyl (C=O) groups excluding carboxylic acids is 1. The van der Waals surface area contributed by atoms with Crippen molar-refractivity contribution in [3.8, 4) is 0 Å². The number of hydrogen-bond donors (Lipinski definition) is 1. The molecule has 88 valence electrons. The number of carbonyl (C=O) groups is 1. The molecule has 1 amide bonds. The molecule has 1 aromatic carbocycles. The van der Waals surface area contributed by atoms with Gasteiger partial charge in [-0.2, -0.15) is 0 Å². The first-order valence-electron chi connectivity index (χ1n) is 4.96. The maximum absolute atomic E-state index is 13.6. The topological polar surface area (TPSA) is 46.2 Å². The normalized spacial score (nSPS) is 14.2. The molecular formula is C11H14FNO2S. The van der Waals surface area contributed by atoms with E-state index in [4.69, 9.17) is 0 Å². The van der Waals surface area contributed by atoms with E-state index in [1.165, 1.54) is 6.07 Å². The van der Waals surface area contributed by atoms with E-state index in [1.807, 2.05) is 0 Å². The van der Waals surface area contributed by atoms with Crippen LogP contribution >= 0.6 is 0 Å². The van der Waals surface area contributed by atoms with Gasteiger partial charge in [-0.1, -0.05) is 19.1 Å². The van der Waals surface area contributed by atoms with Gasteiger partial charge in [0.05, 0.1) is 5.25 Å². The molecule has 1 aromatic rings. The smallest absolute Gasteiger partial charge is 0.218 e. The van der Waals surface area contributed by atoms with Crippen LogP contribution in [0.4, 0.5) is 4.39 Å². The van der Waals surface area contributed by atoms with E-state index in [-0.39, 0.29) is 5.82 Å². The highest BCUT2D eigenvalue weighted by Crippen LogP contribution is 2.25. The molecule has 1 N–H and O–H groups in total. The number of amides is 1. The number of halogens is 1. The van der Waals surface area contributed by atoms with Gasteiger partial charge in [-0.3, -0.25) is 9.52 Å². The molecule has 0 saturated carbocycles. The SMILES string of the molecule is CCC(c1ccc(C)cc1F)S(=O)NC=O. The average molecular weight is 243 g/mol. The Balaban J connectivity index is 3.03. The van der Waals surface area contributed by atoms with Crippen molar-refractivity contribution < 1.29 is 13.4 Å². The van der Waals surface area contributed by atoms with E-state index >= 15 is 0 Å². The third-order valence-corrected chi connectivity index (χ3v) is 3.73. The number of nitrogens with one attached hydrogen (secondary N) is 1. The Morgan fingerprint density at radius 1 is 1.56 bits per heavy atom. The van der Waals surface area contributed by atoms with Crippen LogP contribution in [0.5, 0.6) is 0 Å². The molecule has 0 bridgehead atoms. The summed E-state index contributed by atoms with van der Waals surface area (Å²) < 4.78 is 27.4. The Hall–Kier alpha value is -1.23. The maximum atomic E-state index is 13.6. The van der Waals surface area contributed by atoms with Crippen LogP contribution < -0.4 is 4.72 Å². The minimum Gasteiger partial charge on any atom is -0.278 e. The third kappa shape index (κ3) is 2.88. The van der Waals surface area contributed by atoms with Gasteiger partial charge in [0, 0.05) is 5.56 Å². The predicted molar refractivity (Wildman–Crippen MR) is 61.5 cm³/mol. The number of aryl methyl sites for hydroxylation is 1. The molecule has 2 atom stereocenters. The average Bonchev–Trinajstić information content (AvgIpc) is 2.22. The summed E-state index contributed by atoms with van der Waals surface area (Å²) in [6, 6.07) is 4.78. The molecule has 0 radical (unpaired) electrons. The minimum absolute atomic E-state index is 0.366. The first-order valence-corrected chi connectivity index (χ1v) is 6.17. The van der Waals surface area contributed by atoms with Crippen LogP contribution in [0.15, 0.2) is 18.2 Å². The lowest BCUT2D eigenvalue weighted by Gasteiger charge is -2.14. The van der Waals surface area contributed by atoms with Crippen LogP contribution in [-0.4, -0.2) is 10.6 Å². The molecule has 2 unspecified atom stereocenters. The van der Waals surface area contributed by atoms with Crippen molar-refractivity contribution in [1.29, 1.82) is 0 Å². The van der Waals surface area contributed by atoms with Gasteiger partial charge in [0.2, 0.25) is 6.41 Å². The van der Waals surface area contributed by atoms with Gasteiger partial charge in [-0.15, -0.1) is 0 Å². The Bertz CT molecular complexity index is 409. The Morgan fingerprint density at radius 3 is 2.75 bits per heavy atom. The molecule has 0 spiro atoms. The Kier molecular flexibility index (Phi) is 4.61. The number of hydrogen-bond acceptors (Lipinski definition) is 2. The lowest BCUT2D eigenvalue weighted by Crippen LogP contribution is -2.21. The first kappa shape index (κ1) is 12.8. The maximum Gasteiger partial charge on any atom is 0.218 e. The van der Waals surface area contributed by atoms with Gasteiger partial charge in [0.25, 0.3) is 0 Å². The van der Waals surface area contributed by atoms with Gasteiger partial charge < -0.3 is 0 Å². The summed E-state index contributed by atoms with van der Waals surface area (Å²) in [6.45, 7) is 3.59. The van der Waals surface area contributed by atoms with E-state index in [9.17, 15) is 13.4 Å². The standard InChI is InChI=1S/C11H14FNO2S/c1-3-11(16(15)13-7-14)9-5-4-8(2)6-10(9)12/h4-7,11H,3H2,1-2H3,(H,13,14). The lowest BCUT2D eigenvalue weighted by molar-refractivity contribution is -0.108. The van der Waals surface area contributed by atoms with Gasteiger partial charge in [-0.05, 0) is 25.0 Å². The Labute approximate surface area is 96.6 Å². The van der Waals surface area contributed by atoms with Crippen molar-refractivity contribution >= 4 is 17.4 Å². The van der Waals surface area contributed by atoms with Crippen molar-refractivity contribution in [3.63, 3.8) is 0 Å². The van der Waals surface area contributed by atoms with Crippen molar-refractivity contribution in [1.82, 2.24) is 4.72 Å². The summed E-state index contributed by atoms with van der Waals surface area (Å²) in [5, 5.41) is -0.509. The van der Waals surface area contributed by atoms with E-state index in [2.05, 4.69) is 4.72 Å². The molecule has 1 rings (SSSR count). The van der Waals surface area contributed by atoms with E-state index < -0.39 is 16.2 Å². The van der Waals surface area contributed by atoms with Gasteiger partial charge in [0.1, 0.15) is 16.8 Å². The number of rotatable bonds is 5. The highest BCUT2D eigenvalue weighted by atomic mass is 32.2. The van der Waals surface area contributed by atoms with Crippen LogP contribution in [0.25, 0.3) is 0 Å². The van der Waals surface area contributed by atoms with Crippen LogP contribution in [0, 0.1) is 12.7 Å². The summed E-state index contributed by atoms with van der Waals surface area (Å²) in [7, 11) is -1.58. The Morgan fingerprint density at radius 2 is 2.25 bits per heavy atom. The molecule has 0 fully saturated rings. The summed E-state index contributed by atoms with van der Waals surface area (Å²) in [5.41, 5.74) is 1.19. The van der Waals surface area contributed by atoms with Crippen LogP contribution in [0.2, 0.25) is 0 Å². The van der Waals surface area contributed by atoms with Crippen LogP contribution in [0.3, 0.4) is 0 Å². The van der Waals surface area contributed by atoms with Crippen molar-refractivity contribution in [3.05, 3.63) is 35.1 Å². The summed E-state index contributed by atoms with van der Waals surface area (Å²) in [4.78, 5) is 10.2. The molecule has 0 aromatic heterocycles. The van der Waals surface area contributed by atoms with E-state index in [1.54, 1.807) is 26.0 Å².